The van der Waals surface area contributed by atoms with Gasteiger partial charge in [0.25, 0.3) is 0 Å². The Balaban J connectivity index is 2.00. The summed E-state index contributed by atoms with van der Waals surface area (Å²) in [5, 5.41) is 2.33. The summed E-state index contributed by atoms with van der Waals surface area (Å²) in [5.74, 6) is 3.18. The predicted octanol–water partition coefficient (Wildman–Crippen LogP) is 5.34. The molecule has 1 aliphatic rings. The molecule has 2 nitrogen and oxygen atoms in total. The molecule has 0 spiro atoms. The third kappa shape index (κ3) is 3.55. The van der Waals surface area contributed by atoms with Gasteiger partial charge in [-0.15, -0.1) is 0 Å². The van der Waals surface area contributed by atoms with Crippen molar-refractivity contribution in [3.63, 3.8) is 0 Å². The van der Waals surface area contributed by atoms with Crippen LogP contribution in [-0.2, 0) is 4.79 Å². The van der Waals surface area contributed by atoms with Crippen molar-refractivity contribution in [1.29, 1.82) is 0 Å². The number of esters is 1. The van der Waals surface area contributed by atoms with Crippen LogP contribution in [0.15, 0.2) is 41.3 Å². The molecule has 1 heterocycles. The molecule has 1 fully saturated rings. The first kappa shape index (κ1) is 16.4. The fourth-order valence-corrected chi connectivity index (χ4v) is 5.75. The highest BCUT2D eigenvalue weighted by Crippen LogP contribution is 2.46. The first-order valence-electron chi connectivity index (χ1n) is 8.46. The molecule has 0 radical (unpaired) electrons. The van der Waals surface area contributed by atoms with E-state index in [1.165, 1.54) is 41.0 Å². The molecule has 23 heavy (non-hydrogen) atoms. The lowest BCUT2D eigenvalue weighted by molar-refractivity contribution is -0.142. The molecule has 0 saturated carbocycles. The average molecular weight is 330 g/mol. The second-order valence-electron chi connectivity index (χ2n) is 7.32. The standard InChI is InChI=1S/C20H26O2S/c1-20(2,3)19(21)22-17-11-12-18(23-13-7-4-8-14-23)16-10-6-5-9-15(16)17/h5-6,9-12,23H,4,7-8,13-14H2,1-3H3. The van der Waals surface area contributed by atoms with Gasteiger partial charge in [-0.3, -0.25) is 4.79 Å². The zero-order valence-corrected chi connectivity index (χ0v) is 15.2. The molecule has 3 rings (SSSR count). The first-order chi connectivity index (χ1) is 11.0. The molecule has 1 saturated heterocycles. The van der Waals surface area contributed by atoms with Crippen molar-refractivity contribution in [2.24, 2.45) is 5.41 Å². The summed E-state index contributed by atoms with van der Waals surface area (Å²) in [4.78, 5) is 13.7. The topological polar surface area (TPSA) is 26.3 Å². The van der Waals surface area contributed by atoms with Crippen LogP contribution in [0.2, 0.25) is 0 Å². The zero-order valence-electron chi connectivity index (χ0n) is 14.3. The normalized spacial score (nSPS) is 17.3. The zero-order chi connectivity index (χ0) is 16.4. The van der Waals surface area contributed by atoms with Crippen LogP contribution in [0.1, 0.15) is 40.0 Å². The third-order valence-electron chi connectivity index (χ3n) is 4.37. The molecule has 1 aliphatic heterocycles. The van der Waals surface area contributed by atoms with Gasteiger partial charge in [0.2, 0.25) is 0 Å². The van der Waals surface area contributed by atoms with E-state index in [1.54, 1.807) is 0 Å². The van der Waals surface area contributed by atoms with Gasteiger partial charge < -0.3 is 4.74 Å². The predicted molar refractivity (Wildman–Crippen MR) is 99.9 cm³/mol. The molecule has 0 amide bonds. The maximum atomic E-state index is 12.2. The van der Waals surface area contributed by atoms with Gasteiger partial charge in [0.15, 0.2) is 0 Å². The Bertz CT molecular complexity index is 709. The molecule has 3 heteroatoms. The number of ether oxygens (including phenoxy) is 1. The second kappa shape index (κ2) is 6.56. The first-order valence-corrected chi connectivity index (χ1v) is 10.2. The van der Waals surface area contributed by atoms with Gasteiger partial charge in [-0.1, -0.05) is 30.7 Å². The van der Waals surface area contributed by atoms with Crippen molar-refractivity contribution in [3.8, 4) is 5.75 Å². The summed E-state index contributed by atoms with van der Waals surface area (Å²) >= 11 is 0. The van der Waals surface area contributed by atoms with E-state index in [0.717, 1.165) is 5.39 Å². The van der Waals surface area contributed by atoms with Crippen LogP contribution in [0.3, 0.4) is 0 Å². The summed E-state index contributed by atoms with van der Waals surface area (Å²) in [6.45, 7) is 5.66. The van der Waals surface area contributed by atoms with E-state index in [4.69, 9.17) is 4.74 Å². The van der Waals surface area contributed by atoms with Crippen LogP contribution in [-0.4, -0.2) is 17.5 Å². The fraction of sp³-hybridized carbons (Fsp3) is 0.450. The van der Waals surface area contributed by atoms with E-state index >= 15 is 0 Å². The third-order valence-corrected chi connectivity index (χ3v) is 7.16. The lowest BCUT2D eigenvalue weighted by Crippen LogP contribution is -2.25. The van der Waals surface area contributed by atoms with Crippen molar-refractivity contribution in [2.75, 3.05) is 11.5 Å². The molecule has 0 N–H and O–H groups in total. The maximum Gasteiger partial charge on any atom is 0.316 e. The number of fused-ring (bicyclic) bond motifs is 1. The molecule has 2 aromatic rings. The van der Waals surface area contributed by atoms with Crippen molar-refractivity contribution < 1.29 is 9.53 Å². The van der Waals surface area contributed by atoms with Gasteiger partial charge in [-0.2, -0.15) is 0 Å². The summed E-state index contributed by atoms with van der Waals surface area (Å²) in [7, 11) is -0.0624. The molecule has 0 aromatic heterocycles. The van der Waals surface area contributed by atoms with E-state index in [2.05, 4.69) is 24.3 Å². The quantitative estimate of drug-likeness (QED) is 0.457. The lowest BCUT2D eigenvalue weighted by Gasteiger charge is -2.28. The number of carbonyl (C=O) groups is 1. The van der Waals surface area contributed by atoms with E-state index in [1.807, 2.05) is 32.9 Å². The minimum atomic E-state index is -0.493. The smallest absolute Gasteiger partial charge is 0.316 e. The fourth-order valence-electron chi connectivity index (χ4n) is 3.01. The van der Waals surface area contributed by atoms with Crippen LogP contribution in [0, 0.1) is 5.41 Å². The highest BCUT2D eigenvalue weighted by atomic mass is 32.2. The van der Waals surface area contributed by atoms with E-state index in [9.17, 15) is 4.79 Å². The molecule has 124 valence electrons. The number of rotatable bonds is 2. The van der Waals surface area contributed by atoms with Gasteiger partial charge >= 0.3 is 5.97 Å². The SMILES string of the molecule is CC(C)(C)C(=O)Oc1ccc([SH]2CCCCC2)c2ccccc12. The summed E-state index contributed by atoms with van der Waals surface area (Å²) in [6, 6.07) is 12.6. The molecular weight excluding hydrogens is 304 g/mol. The number of hydrogen-bond donors (Lipinski definition) is 1. The monoisotopic (exact) mass is 330 g/mol. The highest BCUT2D eigenvalue weighted by molar-refractivity contribution is 8.17. The van der Waals surface area contributed by atoms with E-state index in [0.29, 0.717) is 5.75 Å². The molecule has 0 unspecified atom stereocenters. The van der Waals surface area contributed by atoms with Crippen LogP contribution >= 0.6 is 10.9 Å². The van der Waals surface area contributed by atoms with Gasteiger partial charge in [-0.05, 0) is 67.5 Å². The van der Waals surface area contributed by atoms with Crippen molar-refractivity contribution >= 4 is 27.6 Å². The van der Waals surface area contributed by atoms with Crippen molar-refractivity contribution in [3.05, 3.63) is 36.4 Å². The number of carbonyl (C=O) groups excluding carboxylic acids is 1. The maximum absolute atomic E-state index is 12.2. The minimum absolute atomic E-state index is 0.0624. The van der Waals surface area contributed by atoms with Crippen molar-refractivity contribution in [2.45, 2.75) is 44.9 Å². The molecule has 0 atom stereocenters. The Morgan fingerprint density at radius 2 is 1.61 bits per heavy atom. The molecule has 0 aliphatic carbocycles. The van der Waals surface area contributed by atoms with Crippen LogP contribution in [0.5, 0.6) is 5.75 Å². The average Bonchev–Trinajstić information content (AvgIpc) is 2.55. The largest absolute Gasteiger partial charge is 0.425 e. The summed E-state index contributed by atoms with van der Waals surface area (Å²) < 4.78 is 5.70. The Morgan fingerprint density at radius 3 is 2.26 bits per heavy atom. The molecule has 2 aromatic carbocycles. The Morgan fingerprint density at radius 1 is 0.957 bits per heavy atom. The molecule has 0 bridgehead atoms. The Kier molecular flexibility index (Phi) is 4.67. The highest BCUT2D eigenvalue weighted by Gasteiger charge is 2.25. The lowest BCUT2D eigenvalue weighted by atomic mass is 9.97. The van der Waals surface area contributed by atoms with Crippen LogP contribution in [0.4, 0.5) is 0 Å². The summed E-state index contributed by atoms with van der Waals surface area (Å²) in [6.07, 6.45) is 4.07. The van der Waals surface area contributed by atoms with Crippen molar-refractivity contribution in [1.82, 2.24) is 0 Å². The van der Waals surface area contributed by atoms with Gasteiger partial charge in [0.05, 0.1) is 5.41 Å². The summed E-state index contributed by atoms with van der Waals surface area (Å²) in [5.41, 5.74) is -0.493. The molecular formula is C20H26O2S. The van der Waals surface area contributed by atoms with Gasteiger partial charge in [-0.25, -0.2) is 10.9 Å². The van der Waals surface area contributed by atoms with E-state index in [-0.39, 0.29) is 16.9 Å². The Labute approximate surface area is 141 Å². The second-order valence-corrected chi connectivity index (χ2v) is 9.77. The van der Waals surface area contributed by atoms with Gasteiger partial charge in [0.1, 0.15) is 5.75 Å². The van der Waals surface area contributed by atoms with Crippen LogP contribution in [0.25, 0.3) is 10.8 Å². The number of benzene rings is 2. The minimum Gasteiger partial charge on any atom is -0.425 e. The number of hydrogen-bond acceptors (Lipinski definition) is 2. The van der Waals surface area contributed by atoms with Crippen LogP contribution < -0.4 is 4.74 Å². The number of thiol groups is 1. The Hall–Kier alpha value is -1.48. The van der Waals surface area contributed by atoms with E-state index < -0.39 is 5.41 Å². The van der Waals surface area contributed by atoms with Gasteiger partial charge in [0, 0.05) is 5.39 Å².